The van der Waals surface area contributed by atoms with Crippen LogP contribution in [0.4, 0.5) is 0 Å². The molecule has 2 N–H and O–H groups in total. The molecule has 0 saturated carbocycles. The molecule has 0 radical (unpaired) electrons. The molecule has 0 aliphatic rings. The molecule has 21 heavy (non-hydrogen) atoms. The molecule has 0 aliphatic carbocycles. The Morgan fingerprint density at radius 1 is 1.43 bits per heavy atom. The highest BCUT2D eigenvalue weighted by Gasteiger charge is 2.24. The van der Waals surface area contributed by atoms with Gasteiger partial charge in [-0.1, -0.05) is 38.4 Å². The molecule has 1 unspecified atom stereocenters. The second-order valence-electron chi connectivity index (χ2n) is 6.30. The van der Waals surface area contributed by atoms with Crippen LogP contribution in [0.15, 0.2) is 24.3 Å². The highest BCUT2D eigenvalue weighted by atomic mass is 35.5. The van der Waals surface area contributed by atoms with Crippen LogP contribution < -0.4 is 10.5 Å². The van der Waals surface area contributed by atoms with E-state index in [4.69, 9.17) is 22.1 Å². The first-order chi connectivity index (χ1) is 9.70. The van der Waals surface area contributed by atoms with Gasteiger partial charge < -0.3 is 15.4 Å². The van der Waals surface area contributed by atoms with Crippen LogP contribution in [0, 0.1) is 5.41 Å². The van der Waals surface area contributed by atoms with Crippen molar-refractivity contribution >= 4 is 17.5 Å². The summed E-state index contributed by atoms with van der Waals surface area (Å²) in [7, 11) is 1.76. The van der Waals surface area contributed by atoms with Gasteiger partial charge in [-0.3, -0.25) is 4.79 Å². The van der Waals surface area contributed by atoms with Gasteiger partial charge in [0.25, 0.3) is 0 Å². The van der Waals surface area contributed by atoms with Gasteiger partial charge in [0.1, 0.15) is 12.4 Å². The van der Waals surface area contributed by atoms with Crippen LogP contribution in [0.2, 0.25) is 5.02 Å². The quantitative estimate of drug-likeness (QED) is 0.878. The summed E-state index contributed by atoms with van der Waals surface area (Å²) in [4.78, 5) is 13.7. The standard InChI is InChI=1S/C16H25ClN2O2/c1-16(2,3)14(18)11-15(20)19(4)8-9-21-13-7-5-6-12(17)10-13/h5-7,10,14H,8-9,11,18H2,1-4H3. The van der Waals surface area contributed by atoms with E-state index < -0.39 is 0 Å². The Morgan fingerprint density at radius 3 is 2.67 bits per heavy atom. The fraction of sp³-hybridized carbons (Fsp3) is 0.562. The monoisotopic (exact) mass is 312 g/mol. The minimum atomic E-state index is -0.152. The first kappa shape index (κ1) is 17.8. The van der Waals surface area contributed by atoms with Gasteiger partial charge in [0, 0.05) is 24.5 Å². The Kier molecular flexibility index (Phi) is 6.49. The molecule has 4 nitrogen and oxygen atoms in total. The van der Waals surface area contributed by atoms with Crippen LogP contribution in [-0.2, 0) is 4.79 Å². The van der Waals surface area contributed by atoms with Crippen molar-refractivity contribution in [2.45, 2.75) is 33.2 Å². The van der Waals surface area contributed by atoms with Crippen molar-refractivity contribution in [3.63, 3.8) is 0 Å². The maximum atomic E-state index is 12.1. The Labute approximate surface area is 132 Å². The van der Waals surface area contributed by atoms with Crippen LogP contribution in [0.3, 0.4) is 0 Å². The molecule has 0 aromatic heterocycles. The lowest BCUT2D eigenvalue weighted by Crippen LogP contribution is -2.41. The average Bonchev–Trinajstić information content (AvgIpc) is 2.37. The fourth-order valence-electron chi connectivity index (χ4n) is 1.63. The molecule has 1 aromatic carbocycles. The topological polar surface area (TPSA) is 55.6 Å². The zero-order valence-electron chi connectivity index (χ0n) is 13.2. The minimum Gasteiger partial charge on any atom is -0.492 e. The van der Waals surface area contributed by atoms with Gasteiger partial charge in [0.05, 0.1) is 6.54 Å². The zero-order chi connectivity index (χ0) is 16.0. The Hall–Kier alpha value is -1.26. The lowest BCUT2D eigenvalue weighted by atomic mass is 9.85. The number of halogens is 1. The SMILES string of the molecule is CN(CCOc1cccc(Cl)c1)C(=O)CC(N)C(C)(C)C. The number of nitrogens with two attached hydrogens (primary N) is 1. The molecule has 1 atom stereocenters. The molecular formula is C16H25ClN2O2. The Balaban J connectivity index is 2.36. The third-order valence-electron chi connectivity index (χ3n) is 3.42. The summed E-state index contributed by atoms with van der Waals surface area (Å²) in [6, 6.07) is 7.05. The highest BCUT2D eigenvalue weighted by molar-refractivity contribution is 6.30. The predicted molar refractivity (Wildman–Crippen MR) is 86.6 cm³/mol. The van der Waals surface area contributed by atoms with Crippen LogP contribution in [0.25, 0.3) is 0 Å². The molecule has 0 fully saturated rings. The number of hydrogen-bond donors (Lipinski definition) is 1. The van der Waals surface area contributed by atoms with Gasteiger partial charge in [-0.2, -0.15) is 0 Å². The number of carbonyl (C=O) groups is 1. The molecule has 0 bridgehead atoms. The van der Waals surface area contributed by atoms with E-state index >= 15 is 0 Å². The van der Waals surface area contributed by atoms with Crippen molar-refractivity contribution in [3.05, 3.63) is 29.3 Å². The second-order valence-corrected chi connectivity index (χ2v) is 6.73. The molecule has 1 rings (SSSR count). The Morgan fingerprint density at radius 2 is 2.10 bits per heavy atom. The molecule has 0 heterocycles. The van der Waals surface area contributed by atoms with Gasteiger partial charge in [0.15, 0.2) is 0 Å². The van der Waals surface area contributed by atoms with Gasteiger partial charge in [-0.15, -0.1) is 0 Å². The Bertz CT molecular complexity index is 472. The van der Waals surface area contributed by atoms with E-state index in [0.29, 0.717) is 30.3 Å². The minimum absolute atomic E-state index is 0.0344. The fourth-order valence-corrected chi connectivity index (χ4v) is 1.81. The van der Waals surface area contributed by atoms with E-state index in [-0.39, 0.29) is 17.4 Å². The van der Waals surface area contributed by atoms with E-state index in [1.807, 2.05) is 32.9 Å². The number of nitrogens with zero attached hydrogens (tertiary/aromatic N) is 1. The van der Waals surface area contributed by atoms with Crippen LogP contribution in [0.1, 0.15) is 27.2 Å². The summed E-state index contributed by atoms with van der Waals surface area (Å²) < 4.78 is 5.57. The number of ether oxygens (including phenoxy) is 1. The normalized spacial score (nSPS) is 12.9. The van der Waals surface area contributed by atoms with Gasteiger partial charge in [-0.05, 0) is 23.6 Å². The highest BCUT2D eigenvalue weighted by Crippen LogP contribution is 2.20. The van der Waals surface area contributed by atoms with E-state index in [9.17, 15) is 4.79 Å². The number of rotatable bonds is 6. The summed E-state index contributed by atoms with van der Waals surface area (Å²) in [5.41, 5.74) is 5.96. The zero-order valence-corrected chi connectivity index (χ0v) is 14.0. The third kappa shape index (κ3) is 6.36. The van der Waals surface area contributed by atoms with E-state index in [2.05, 4.69) is 0 Å². The first-order valence-electron chi connectivity index (χ1n) is 7.08. The maximum absolute atomic E-state index is 12.1. The molecule has 118 valence electrons. The summed E-state index contributed by atoms with van der Waals surface area (Å²) >= 11 is 5.88. The molecule has 5 heteroatoms. The number of amides is 1. The smallest absolute Gasteiger partial charge is 0.224 e. The summed E-state index contributed by atoms with van der Waals surface area (Å²) in [5, 5.41) is 0.632. The molecular weight excluding hydrogens is 288 g/mol. The van der Waals surface area contributed by atoms with Gasteiger partial charge >= 0.3 is 0 Å². The number of benzene rings is 1. The van der Waals surface area contributed by atoms with Crippen molar-refractivity contribution in [2.24, 2.45) is 11.1 Å². The van der Waals surface area contributed by atoms with Crippen LogP contribution in [0.5, 0.6) is 5.75 Å². The van der Waals surface area contributed by atoms with Crippen LogP contribution >= 0.6 is 11.6 Å². The number of hydrogen-bond acceptors (Lipinski definition) is 3. The van der Waals surface area contributed by atoms with Crippen molar-refractivity contribution in [1.29, 1.82) is 0 Å². The first-order valence-corrected chi connectivity index (χ1v) is 7.46. The summed E-state index contributed by atoms with van der Waals surface area (Å²) in [6.45, 7) is 7.04. The number of likely N-dealkylation sites (N-methyl/N-ethyl adjacent to an activating group) is 1. The van der Waals surface area contributed by atoms with Crippen molar-refractivity contribution in [2.75, 3.05) is 20.2 Å². The van der Waals surface area contributed by atoms with Crippen molar-refractivity contribution in [3.8, 4) is 5.75 Å². The van der Waals surface area contributed by atoms with Crippen molar-refractivity contribution < 1.29 is 9.53 Å². The maximum Gasteiger partial charge on any atom is 0.224 e. The molecule has 0 spiro atoms. The molecule has 0 saturated heterocycles. The van der Waals surface area contributed by atoms with Gasteiger partial charge in [-0.25, -0.2) is 0 Å². The summed E-state index contributed by atoms with van der Waals surface area (Å²) in [6.07, 6.45) is 0.344. The lowest BCUT2D eigenvalue weighted by molar-refractivity contribution is -0.131. The molecule has 1 aromatic rings. The van der Waals surface area contributed by atoms with E-state index in [0.717, 1.165) is 0 Å². The second kappa shape index (κ2) is 7.66. The molecule has 1 amide bonds. The van der Waals surface area contributed by atoms with Gasteiger partial charge in [0.2, 0.25) is 5.91 Å². The predicted octanol–water partition coefficient (Wildman–Crippen LogP) is 2.94. The molecule has 0 aliphatic heterocycles. The summed E-state index contributed by atoms with van der Waals surface area (Å²) in [5.74, 6) is 0.738. The average molecular weight is 313 g/mol. The third-order valence-corrected chi connectivity index (χ3v) is 3.66. The van der Waals surface area contributed by atoms with Crippen LogP contribution in [-0.4, -0.2) is 37.0 Å². The van der Waals surface area contributed by atoms with E-state index in [1.165, 1.54) is 0 Å². The largest absolute Gasteiger partial charge is 0.492 e. The van der Waals surface area contributed by atoms with Crippen molar-refractivity contribution in [1.82, 2.24) is 4.90 Å². The lowest BCUT2D eigenvalue weighted by Gasteiger charge is -2.28. The van der Waals surface area contributed by atoms with E-state index in [1.54, 1.807) is 24.1 Å². The number of carbonyl (C=O) groups excluding carboxylic acids is 1.